The molecule has 1 N–H and O–H groups in total. The Kier molecular flexibility index (Phi) is 4.90. The number of nitrogens with zero attached hydrogens (tertiary/aromatic N) is 2. The number of hydrogen-bond acceptors (Lipinski definition) is 4. The molecule has 2 aromatic rings. The van der Waals surface area contributed by atoms with Crippen LogP contribution in [0.1, 0.15) is 22.2 Å². The lowest BCUT2D eigenvalue weighted by Gasteiger charge is -2.25. The van der Waals surface area contributed by atoms with Gasteiger partial charge in [-0.2, -0.15) is 0 Å². The van der Waals surface area contributed by atoms with Crippen LogP contribution in [0.15, 0.2) is 29.8 Å². The van der Waals surface area contributed by atoms with Gasteiger partial charge in [-0.05, 0) is 24.4 Å². The summed E-state index contributed by atoms with van der Waals surface area (Å²) in [4.78, 5) is 19.3. The fraction of sp³-hybridized carbons (Fsp3) is 0.333. The minimum atomic E-state index is -0.517. The molecular weight excluding hydrogens is 289 g/mol. The first-order chi connectivity index (χ1) is 10.0. The van der Waals surface area contributed by atoms with E-state index in [0.29, 0.717) is 5.82 Å². The lowest BCUT2D eigenvalue weighted by Crippen LogP contribution is -2.36. The number of pyridine rings is 1. The number of aromatic nitrogens is 1. The van der Waals surface area contributed by atoms with Crippen molar-refractivity contribution in [3.05, 3.63) is 46.0 Å². The van der Waals surface area contributed by atoms with Gasteiger partial charge in [-0.1, -0.05) is 6.07 Å². The highest BCUT2D eigenvalue weighted by Gasteiger charge is 2.21. The first-order valence-corrected chi connectivity index (χ1v) is 7.53. The van der Waals surface area contributed by atoms with Gasteiger partial charge in [0.2, 0.25) is 0 Å². The number of anilines is 1. The van der Waals surface area contributed by atoms with Crippen molar-refractivity contribution >= 4 is 23.1 Å². The van der Waals surface area contributed by atoms with E-state index in [9.17, 15) is 9.18 Å². The minimum absolute atomic E-state index is 0.0177. The molecule has 0 aromatic carbocycles. The van der Waals surface area contributed by atoms with Gasteiger partial charge in [-0.25, -0.2) is 9.37 Å². The predicted octanol–water partition coefficient (Wildman–Crippen LogP) is 3.03. The fourth-order valence-corrected chi connectivity index (χ4v) is 2.87. The Bertz CT molecular complexity index is 615. The van der Waals surface area contributed by atoms with E-state index >= 15 is 0 Å². The molecule has 0 radical (unpaired) electrons. The number of thiophene rings is 1. The maximum absolute atomic E-state index is 13.4. The molecule has 0 saturated heterocycles. The van der Waals surface area contributed by atoms with E-state index in [1.165, 1.54) is 10.9 Å². The minimum Gasteiger partial charge on any atom is -0.372 e. The van der Waals surface area contributed by atoms with Crippen molar-refractivity contribution in [3.63, 3.8) is 0 Å². The summed E-state index contributed by atoms with van der Waals surface area (Å²) in [6.45, 7) is 1.98. The summed E-state index contributed by atoms with van der Waals surface area (Å²) in [5.74, 6) is -0.372. The molecule has 4 nitrogen and oxygen atoms in total. The molecule has 1 atom stereocenters. The van der Waals surface area contributed by atoms with Crippen LogP contribution in [0.25, 0.3) is 0 Å². The lowest BCUT2D eigenvalue weighted by molar-refractivity contribution is 0.0744. The van der Waals surface area contributed by atoms with Crippen LogP contribution in [0, 0.1) is 5.82 Å². The number of rotatable bonds is 5. The molecular formula is C15H18FN3OS. The average Bonchev–Trinajstić information content (AvgIpc) is 2.98. The highest BCUT2D eigenvalue weighted by atomic mass is 32.1. The standard InChI is InChI=1S/C15H18FN3OS/c1-10(7-12-5-4-6-21-12)19(3)15(20)13-8-11(16)9-18-14(13)17-2/h4-6,8-10H,7H2,1-3H3,(H,17,18). The van der Waals surface area contributed by atoms with E-state index < -0.39 is 5.82 Å². The third-order valence-corrected chi connectivity index (χ3v) is 4.28. The first kappa shape index (κ1) is 15.4. The van der Waals surface area contributed by atoms with Crippen LogP contribution in [0.4, 0.5) is 10.2 Å². The summed E-state index contributed by atoms with van der Waals surface area (Å²) in [5, 5.41) is 4.83. The van der Waals surface area contributed by atoms with Gasteiger partial charge in [0.1, 0.15) is 11.6 Å². The number of halogens is 1. The summed E-state index contributed by atoms with van der Waals surface area (Å²) in [6, 6.07) is 5.27. The van der Waals surface area contributed by atoms with Crippen LogP contribution in [0.3, 0.4) is 0 Å². The molecule has 112 valence electrons. The van der Waals surface area contributed by atoms with Gasteiger partial charge in [0, 0.05) is 31.4 Å². The molecule has 2 rings (SSSR count). The van der Waals surface area contributed by atoms with Crippen LogP contribution in [-0.4, -0.2) is 35.9 Å². The molecule has 0 bridgehead atoms. The Balaban J connectivity index is 2.16. The van der Waals surface area contributed by atoms with Crippen molar-refractivity contribution in [1.29, 1.82) is 0 Å². The Hall–Kier alpha value is -1.95. The maximum atomic E-state index is 13.4. The molecule has 1 unspecified atom stereocenters. The first-order valence-electron chi connectivity index (χ1n) is 6.65. The van der Waals surface area contributed by atoms with Crippen molar-refractivity contribution in [2.45, 2.75) is 19.4 Å². The van der Waals surface area contributed by atoms with Crippen LogP contribution in [0.5, 0.6) is 0 Å². The van der Waals surface area contributed by atoms with E-state index in [1.807, 2.05) is 24.4 Å². The molecule has 2 heterocycles. The number of carbonyl (C=O) groups excluding carboxylic acids is 1. The molecule has 6 heteroatoms. The van der Waals surface area contributed by atoms with Gasteiger partial charge in [0.05, 0.1) is 11.8 Å². The highest BCUT2D eigenvalue weighted by Crippen LogP contribution is 2.19. The van der Waals surface area contributed by atoms with Crippen LogP contribution in [-0.2, 0) is 6.42 Å². The highest BCUT2D eigenvalue weighted by molar-refractivity contribution is 7.09. The van der Waals surface area contributed by atoms with Gasteiger partial charge in [0.25, 0.3) is 5.91 Å². The molecule has 2 aromatic heterocycles. The van der Waals surface area contributed by atoms with Gasteiger partial charge in [0.15, 0.2) is 0 Å². The number of nitrogens with one attached hydrogen (secondary N) is 1. The van der Waals surface area contributed by atoms with Crippen molar-refractivity contribution in [2.75, 3.05) is 19.4 Å². The van der Waals surface area contributed by atoms with Gasteiger partial charge < -0.3 is 10.2 Å². The van der Waals surface area contributed by atoms with Crippen LogP contribution >= 0.6 is 11.3 Å². The van der Waals surface area contributed by atoms with Crippen molar-refractivity contribution in [1.82, 2.24) is 9.88 Å². The zero-order valence-electron chi connectivity index (χ0n) is 12.3. The van der Waals surface area contributed by atoms with Crippen molar-refractivity contribution < 1.29 is 9.18 Å². The molecule has 0 aliphatic rings. The second-order valence-corrected chi connectivity index (χ2v) is 5.88. The van der Waals surface area contributed by atoms with Crippen LogP contribution < -0.4 is 5.32 Å². The van der Waals surface area contributed by atoms with Gasteiger partial charge in [-0.3, -0.25) is 4.79 Å². The van der Waals surface area contributed by atoms with Crippen molar-refractivity contribution in [2.24, 2.45) is 0 Å². The van der Waals surface area contributed by atoms with E-state index in [-0.39, 0.29) is 17.5 Å². The normalized spacial score (nSPS) is 12.0. The Morgan fingerprint density at radius 3 is 2.95 bits per heavy atom. The Morgan fingerprint density at radius 1 is 1.57 bits per heavy atom. The molecule has 0 aliphatic heterocycles. The average molecular weight is 307 g/mol. The zero-order valence-corrected chi connectivity index (χ0v) is 13.1. The summed E-state index contributed by atoms with van der Waals surface area (Å²) >= 11 is 1.66. The topological polar surface area (TPSA) is 45.2 Å². The zero-order chi connectivity index (χ0) is 15.4. The number of amides is 1. The maximum Gasteiger partial charge on any atom is 0.257 e. The summed E-state index contributed by atoms with van der Waals surface area (Å²) in [5.41, 5.74) is 0.248. The monoisotopic (exact) mass is 307 g/mol. The van der Waals surface area contributed by atoms with E-state index in [1.54, 1.807) is 30.3 Å². The molecule has 21 heavy (non-hydrogen) atoms. The summed E-state index contributed by atoms with van der Waals surface area (Å²) in [6.07, 6.45) is 1.87. The molecule has 0 aliphatic carbocycles. The Morgan fingerprint density at radius 2 is 2.33 bits per heavy atom. The molecule has 0 saturated carbocycles. The van der Waals surface area contributed by atoms with E-state index in [0.717, 1.165) is 12.6 Å². The van der Waals surface area contributed by atoms with E-state index in [4.69, 9.17) is 0 Å². The third-order valence-electron chi connectivity index (χ3n) is 3.38. The van der Waals surface area contributed by atoms with Gasteiger partial charge in [-0.15, -0.1) is 11.3 Å². The molecule has 0 spiro atoms. The van der Waals surface area contributed by atoms with E-state index in [2.05, 4.69) is 10.3 Å². The lowest BCUT2D eigenvalue weighted by atomic mass is 10.1. The SMILES string of the molecule is CNc1ncc(F)cc1C(=O)N(C)C(C)Cc1cccs1. The second-order valence-electron chi connectivity index (χ2n) is 4.85. The smallest absolute Gasteiger partial charge is 0.257 e. The van der Waals surface area contributed by atoms with Crippen molar-refractivity contribution in [3.8, 4) is 0 Å². The fourth-order valence-electron chi connectivity index (χ4n) is 2.05. The number of carbonyl (C=O) groups is 1. The largest absolute Gasteiger partial charge is 0.372 e. The van der Waals surface area contributed by atoms with Gasteiger partial charge >= 0.3 is 0 Å². The predicted molar refractivity (Wildman–Crippen MR) is 83.3 cm³/mol. The molecule has 0 fully saturated rings. The summed E-state index contributed by atoms with van der Waals surface area (Å²) in [7, 11) is 3.39. The van der Waals surface area contributed by atoms with Crippen LogP contribution in [0.2, 0.25) is 0 Å². The summed E-state index contributed by atoms with van der Waals surface area (Å²) < 4.78 is 13.4. The second kappa shape index (κ2) is 6.67. The number of likely N-dealkylation sites (N-methyl/N-ethyl adjacent to an activating group) is 1. The Labute approximate surface area is 127 Å². The molecule has 1 amide bonds. The third kappa shape index (κ3) is 3.58. The quantitative estimate of drug-likeness (QED) is 0.923. The number of hydrogen-bond donors (Lipinski definition) is 1.